The molecule has 32 nitrogen and oxygen atoms in total. The number of aliphatic imine (C=N–C) groups is 1. The fraction of sp³-hybridized carbons (Fsp3) is 0.800. The zero-order chi connectivity index (χ0) is 73.8. The maximum absolute atomic E-state index is 14.7. The molecule has 32 heteroatoms. The van der Waals surface area contributed by atoms with Gasteiger partial charge >= 0.3 is 5.97 Å². The number of hydrogen-bond donors (Lipinski definition) is 18. The van der Waals surface area contributed by atoms with Gasteiger partial charge in [0.15, 0.2) is 5.96 Å². The standard InChI is InChI=1S/C65H122N18O14/c1-35(2)31-41(69)53(85)80-50(38(7)8)61(93)75-44(23-15-18-28-68)57(89)82-52(40(11)12)63(95)83-30-20-25-49(83)60(92)77-46(32-36(3)4)58(90)81-51(39(9)10)62(94)76-45(24-19-29-72-65(70)71)55(87)73-42(21-13-16-26-66)54(86)74-43(22-14-17-27-67)56(88)79-48(34-84)59(91)78-47(64(96)97)33-37(5)6/h35-52,84H,13-34,66-69H2,1-12H3,(H,73,87)(H,74,86)(H,75,93)(H,76,94)(H,77,92)(H,78,91)(H,79,88)(H,80,85)(H,81,90)(H,82,89)(H,96,97)(H4,70,71,72)/t41-,42-,43-,44-,45-,46-,47-,48-,49+,50-,51-,52-/m0/s1. The molecule has 97 heavy (non-hydrogen) atoms. The molecule has 1 heterocycles. The first-order chi connectivity index (χ1) is 45.5. The third-order valence-electron chi connectivity index (χ3n) is 16.4. The summed E-state index contributed by atoms with van der Waals surface area (Å²) in [7, 11) is 0. The predicted molar refractivity (Wildman–Crippen MR) is 368 cm³/mol. The van der Waals surface area contributed by atoms with Crippen LogP contribution >= 0.6 is 0 Å². The molecule has 0 aromatic carbocycles. The molecule has 0 saturated carbocycles. The zero-order valence-electron chi connectivity index (χ0n) is 59.6. The van der Waals surface area contributed by atoms with Gasteiger partial charge in [0.05, 0.1) is 12.6 Å². The average Bonchev–Trinajstić information content (AvgIpc) is 1.73. The number of amides is 11. The molecule has 0 aliphatic carbocycles. The van der Waals surface area contributed by atoms with E-state index < -0.39 is 168 Å². The Hall–Kier alpha value is -7.29. The summed E-state index contributed by atoms with van der Waals surface area (Å²) < 4.78 is 0. The van der Waals surface area contributed by atoms with Crippen LogP contribution in [-0.4, -0.2) is 204 Å². The van der Waals surface area contributed by atoms with E-state index in [4.69, 9.17) is 34.4 Å². The lowest BCUT2D eigenvalue weighted by atomic mass is 9.98. The number of nitrogens with one attached hydrogen (secondary N) is 10. The lowest BCUT2D eigenvalue weighted by Gasteiger charge is -2.33. The molecule has 12 atom stereocenters. The number of carbonyl (C=O) groups excluding carboxylic acids is 11. The van der Waals surface area contributed by atoms with Gasteiger partial charge in [-0.25, -0.2) is 4.79 Å². The first kappa shape index (κ1) is 87.7. The summed E-state index contributed by atoms with van der Waals surface area (Å²) in [5.41, 5.74) is 34.7. The third-order valence-corrected chi connectivity index (χ3v) is 16.4. The van der Waals surface area contributed by atoms with Crippen LogP contribution in [0.5, 0.6) is 0 Å². The van der Waals surface area contributed by atoms with E-state index >= 15 is 0 Å². The van der Waals surface area contributed by atoms with E-state index in [-0.39, 0.29) is 101 Å². The average molecular weight is 1380 g/mol. The van der Waals surface area contributed by atoms with Gasteiger partial charge in [-0.1, -0.05) is 83.1 Å². The van der Waals surface area contributed by atoms with E-state index in [1.807, 2.05) is 27.7 Å². The van der Waals surface area contributed by atoms with Crippen LogP contribution in [0.2, 0.25) is 0 Å². The molecule has 1 rings (SSSR count). The van der Waals surface area contributed by atoms with Crippen molar-refractivity contribution in [3.8, 4) is 0 Å². The van der Waals surface area contributed by atoms with E-state index in [0.717, 1.165) is 0 Å². The van der Waals surface area contributed by atoms with Gasteiger partial charge in [0, 0.05) is 13.1 Å². The molecule has 0 bridgehead atoms. The van der Waals surface area contributed by atoms with Crippen molar-refractivity contribution in [1.82, 2.24) is 58.1 Å². The van der Waals surface area contributed by atoms with Gasteiger partial charge in [-0.15, -0.1) is 0 Å². The van der Waals surface area contributed by atoms with Crippen molar-refractivity contribution in [2.24, 2.45) is 74.9 Å². The molecule has 11 amide bonds. The number of aliphatic carboxylic acids is 1. The number of nitrogens with zero attached hydrogens (tertiary/aromatic N) is 2. The van der Waals surface area contributed by atoms with E-state index in [9.17, 15) is 67.7 Å². The summed E-state index contributed by atoms with van der Waals surface area (Å²) in [5, 5.41) is 46.7. The number of nitrogens with two attached hydrogens (primary N) is 6. The van der Waals surface area contributed by atoms with Crippen molar-refractivity contribution in [3.05, 3.63) is 0 Å². The Balaban J connectivity index is 3.58. The topological polar surface area (TPSA) is 537 Å². The second-order valence-corrected chi connectivity index (χ2v) is 27.6. The number of carbonyl (C=O) groups is 12. The van der Waals surface area contributed by atoms with Crippen LogP contribution in [0, 0.1) is 35.5 Å². The fourth-order valence-electron chi connectivity index (χ4n) is 11.0. The van der Waals surface area contributed by atoms with Crippen LogP contribution in [0.4, 0.5) is 0 Å². The SMILES string of the molecule is CC(C)C[C@H](NC(=O)[C@H](CO)NC(=O)[C@H](CCCCN)NC(=O)[C@H](CCCCN)NC(=O)[C@H](CCCN=C(N)N)NC(=O)[C@@H](NC(=O)[C@H](CC(C)C)NC(=O)[C@H]1CCCN1C(=O)[C@@H](NC(=O)[C@H](CCCCN)NC(=O)[C@@H](NC(=O)[C@@H](N)CC(C)C)C(C)C)C(C)C)C(C)C)C(=O)O. The fourth-order valence-corrected chi connectivity index (χ4v) is 11.0. The van der Waals surface area contributed by atoms with Gasteiger partial charge in [0.1, 0.15) is 66.5 Å². The Bertz CT molecular complexity index is 2550. The molecule has 1 saturated heterocycles. The third kappa shape index (κ3) is 32.7. The number of likely N-dealkylation sites (tertiary alicyclic amines) is 1. The van der Waals surface area contributed by atoms with Gasteiger partial charge in [-0.3, -0.25) is 57.7 Å². The van der Waals surface area contributed by atoms with Gasteiger partial charge < -0.3 is 103 Å². The van der Waals surface area contributed by atoms with Crippen LogP contribution in [0.3, 0.4) is 0 Å². The van der Waals surface area contributed by atoms with Crippen LogP contribution in [0.1, 0.15) is 186 Å². The number of unbranched alkanes of at least 4 members (excludes halogenated alkanes) is 3. The van der Waals surface area contributed by atoms with Crippen LogP contribution in [0.15, 0.2) is 4.99 Å². The smallest absolute Gasteiger partial charge is 0.326 e. The highest BCUT2D eigenvalue weighted by Crippen LogP contribution is 2.22. The number of hydrogen-bond acceptors (Lipinski definition) is 18. The van der Waals surface area contributed by atoms with E-state index in [1.165, 1.54) is 4.90 Å². The number of rotatable bonds is 48. The van der Waals surface area contributed by atoms with Crippen molar-refractivity contribution in [3.63, 3.8) is 0 Å². The summed E-state index contributed by atoms with van der Waals surface area (Å²) in [5.74, 6) is -11.4. The number of aliphatic hydroxyl groups is 1. The predicted octanol–water partition coefficient (Wildman–Crippen LogP) is -2.22. The van der Waals surface area contributed by atoms with Gasteiger partial charge in [0.25, 0.3) is 0 Å². The van der Waals surface area contributed by atoms with Crippen LogP contribution < -0.4 is 87.6 Å². The van der Waals surface area contributed by atoms with Crippen molar-refractivity contribution < 1.29 is 67.7 Å². The molecule has 1 fully saturated rings. The van der Waals surface area contributed by atoms with E-state index in [1.54, 1.807) is 55.4 Å². The van der Waals surface area contributed by atoms with Crippen LogP contribution in [0.25, 0.3) is 0 Å². The first-order valence-electron chi connectivity index (χ1n) is 34.6. The Labute approximate surface area is 573 Å². The summed E-state index contributed by atoms with van der Waals surface area (Å²) in [4.78, 5) is 173. The molecule has 0 aromatic heterocycles. The summed E-state index contributed by atoms with van der Waals surface area (Å²) >= 11 is 0. The Morgan fingerprint density at radius 1 is 0.433 bits per heavy atom. The summed E-state index contributed by atoms with van der Waals surface area (Å²) in [6, 6.07) is -14.9. The summed E-state index contributed by atoms with van der Waals surface area (Å²) in [6.07, 6.45) is 3.78. The molecule has 0 aromatic rings. The minimum Gasteiger partial charge on any atom is -0.480 e. The minimum atomic E-state index is -1.61. The molecule has 0 unspecified atom stereocenters. The van der Waals surface area contributed by atoms with Gasteiger partial charge in [-0.05, 0) is 158 Å². The Morgan fingerprint density at radius 2 is 0.784 bits per heavy atom. The number of guanidine groups is 1. The highest BCUT2D eigenvalue weighted by molar-refractivity contribution is 5.99. The van der Waals surface area contributed by atoms with Crippen molar-refractivity contribution >= 4 is 76.9 Å². The number of aliphatic hydroxyl groups excluding tert-OH is 1. The highest BCUT2D eigenvalue weighted by Gasteiger charge is 2.42. The van der Waals surface area contributed by atoms with Crippen molar-refractivity contribution in [2.45, 2.75) is 258 Å². The molecule has 1 aliphatic rings. The van der Waals surface area contributed by atoms with Gasteiger partial charge in [-0.2, -0.15) is 0 Å². The second-order valence-electron chi connectivity index (χ2n) is 27.6. The monoisotopic (exact) mass is 1380 g/mol. The molecular weight excluding hydrogens is 1260 g/mol. The zero-order valence-corrected chi connectivity index (χ0v) is 59.6. The molecule has 556 valence electrons. The van der Waals surface area contributed by atoms with E-state index in [0.29, 0.717) is 57.9 Å². The maximum atomic E-state index is 14.7. The maximum Gasteiger partial charge on any atom is 0.326 e. The van der Waals surface area contributed by atoms with Gasteiger partial charge in [0.2, 0.25) is 65.0 Å². The van der Waals surface area contributed by atoms with Crippen molar-refractivity contribution in [2.75, 3.05) is 39.3 Å². The normalized spacial score (nSPS) is 16.5. The lowest BCUT2D eigenvalue weighted by molar-refractivity contribution is -0.143. The van der Waals surface area contributed by atoms with E-state index in [2.05, 4.69) is 58.2 Å². The van der Waals surface area contributed by atoms with Crippen LogP contribution in [-0.2, 0) is 57.5 Å². The number of carboxylic acid groups (broad SMARTS) is 1. The molecule has 0 spiro atoms. The molecule has 1 aliphatic heterocycles. The van der Waals surface area contributed by atoms with Crippen molar-refractivity contribution in [1.29, 1.82) is 0 Å². The Morgan fingerprint density at radius 3 is 1.18 bits per heavy atom. The molecule has 0 radical (unpaired) electrons. The molecular formula is C65H122N18O14. The lowest BCUT2D eigenvalue weighted by Crippen LogP contribution is -2.61. The second kappa shape index (κ2) is 46.1. The molecule has 24 N–H and O–H groups in total. The highest BCUT2D eigenvalue weighted by atomic mass is 16.4. The first-order valence-corrected chi connectivity index (χ1v) is 34.6. The summed E-state index contributed by atoms with van der Waals surface area (Å²) in [6.45, 7) is 21.2. The largest absolute Gasteiger partial charge is 0.480 e. The minimum absolute atomic E-state index is 0.000177. The number of carboxylic acids is 1. The Kier molecular flexibility index (Phi) is 41.7. The quantitative estimate of drug-likeness (QED) is 0.0174.